The van der Waals surface area contributed by atoms with Crippen LogP contribution in [0.4, 0.5) is 4.79 Å². The van der Waals surface area contributed by atoms with Crippen LogP contribution in [0.25, 0.3) is 0 Å². The summed E-state index contributed by atoms with van der Waals surface area (Å²) in [5, 5.41) is 2.96. The molecule has 1 heterocycles. The van der Waals surface area contributed by atoms with Crippen molar-refractivity contribution in [3.8, 4) is 0 Å². The lowest BCUT2D eigenvalue weighted by atomic mass is 10.1. The van der Waals surface area contributed by atoms with E-state index in [0.29, 0.717) is 6.61 Å². The van der Waals surface area contributed by atoms with Crippen molar-refractivity contribution in [3.63, 3.8) is 0 Å². The Balaban J connectivity index is 2.00. The average molecular weight is 468 g/mol. The van der Waals surface area contributed by atoms with E-state index in [0.717, 1.165) is 12.5 Å². The van der Waals surface area contributed by atoms with E-state index in [4.69, 9.17) is 9.47 Å². The van der Waals surface area contributed by atoms with Crippen molar-refractivity contribution in [1.82, 2.24) is 4.90 Å². The Hall–Kier alpha value is -2.11. The van der Waals surface area contributed by atoms with Gasteiger partial charge in [-0.25, -0.2) is 4.79 Å². The van der Waals surface area contributed by atoms with Gasteiger partial charge in [-0.05, 0) is 52.1 Å². The lowest BCUT2D eigenvalue weighted by Gasteiger charge is -2.45. The minimum Gasteiger partial charge on any atom is -0.444 e. The quantitative estimate of drug-likeness (QED) is 0.521. The molecule has 1 atom stereocenters. The maximum Gasteiger partial charge on any atom is 0.412 e. The molecular weight excluding hydrogens is 426 g/mol. The second-order valence-corrected chi connectivity index (χ2v) is 16.7. The number of rotatable bonds is 5. The summed E-state index contributed by atoms with van der Waals surface area (Å²) in [5.41, 5.74) is -1.23. The minimum absolute atomic E-state index is 0.0171. The molecule has 4 nitrogen and oxygen atoms in total. The molecule has 33 heavy (non-hydrogen) atoms. The third kappa shape index (κ3) is 5.35. The predicted molar refractivity (Wildman–Crippen MR) is 139 cm³/mol. The molecule has 3 rings (SSSR count). The first kappa shape index (κ1) is 25.5. The molecule has 1 aliphatic rings. The van der Waals surface area contributed by atoms with Gasteiger partial charge in [0.05, 0.1) is 12.6 Å². The Morgan fingerprint density at radius 1 is 0.970 bits per heavy atom. The van der Waals surface area contributed by atoms with Gasteiger partial charge in [0.1, 0.15) is 19.4 Å². The van der Waals surface area contributed by atoms with Crippen LogP contribution in [0, 0.1) is 0 Å². The summed E-state index contributed by atoms with van der Waals surface area (Å²) >= 11 is 0. The summed E-state index contributed by atoms with van der Waals surface area (Å²) in [6.07, 6.45) is 0.577. The van der Waals surface area contributed by atoms with E-state index in [1.54, 1.807) is 0 Å². The summed E-state index contributed by atoms with van der Waals surface area (Å²) in [5.74, 6) is 0. The van der Waals surface area contributed by atoms with Crippen molar-refractivity contribution in [1.29, 1.82) is 0 Å². The van der Waals surface area contributed by atoms with Crippen LogP contribution in [0.5, 0.6) is 0 Å². The Kier molecular flexibility index (Phi) is 7.16. The van der Waals surface area contributed by atoms with Crippen molar-refractivity contribution >= 4 is 24.5 Å². The second kappa shape index (κ2) is 9.26. The number of hydrogen-bond donors (Lipinski definition) is 0. The zero-order valence-electron chi connectivity index (χ0n) is 21.6. The Morgan fingerprint density at radius 2 is 1.45 bits per heavy atom. The van der Waals surface area contributed by atoms with Gasteiger partial charge >= 0.3 is 6.09 Å². The molecular formula is C28H41NO3Si. The van der Waals surface area contributed by atoms with Crippen LogP contribution in [0.15, 0.2) is 60.7 Å². The number of benzene rings is 2. The van der Waals surface area contributed by atoms with E-state index in [1.807, 2.05) is 39.5 Å². The Labute approximate surface area is 201 Å². The summed E-state index contributed by atoms with van der Waals surface area (Å²) in [4.78, 5) is 15.0. The highest BCUT2D eigenvalue weighted by Crippen LogP contribution is 2.41. The van der Waals surface area contributed by atoms with E-state index in [9.17, 15) is 4.79 Å². The largest absolute Gasteiger partial charge is 0.444 e. The first-order valence-electron chi connectivity index (χ1n) is 12.1. The molecule has 0 aliphatic carbocycles. The average Bonchev–Trinajstić information content (AvgIpc) is 3.02. The molecule has 0 aromatic heterocycles. The zero-order valence-corrected chi connectivity index (χ0v) is 22.6. The fraction of sp³-hybridized carbons (Fsp3) is 0.536. The SMILES string of the molecule is CC(C)(C)OC(=O)N1[C@H](CC[Si](c2ccccc2)(c2ccccc2)C(C)(C)C)COC1(C)C. The van der Waals surface area contributed by atoms with E-state index in [-0.39, 0.29) is 17.2 Å². The van der Waals surface area contributed by atoms with Crippen LogP contribution >= 0.6 is 0 Å². The fourth-order valence-electron chi connectivity index (χ4n) is 5.30. The van der Waals surface area contributed by atoms with Crippen LogP contribution in [-0.2, 0) is 9.47 Å². The normalized spacial score (nSPS) is 18.9. The van der Waals surface area contributed by atoms with Crippen molar-refractivity contribution < 1.29 is 14.3 Å². The summed E-state index contributed by atoms with van der Waals surface area (Å²) in [6, 6.07) is 23.0. The molecule has 0 saturated carbocycles. The van der Waals surface area contributed by atoms with E-state index in [2.05, 4.69) is 81.4 Å². The number of hydrogen-bond acceptors (Lipinski definition) is 3. The van der Waals surface area contributed by atoms with Crippen LogP contribution in [0.2, 0.25) is 11.1 Å². The van der Waals surface area contributed by atoms with Gasteiger partial charge in [-0.3, -0.25) is 4.90 Å². The molecule has 0 unspecified atom stereocenters. The standard InChI is InChI=1S/C28H41NO3Si/c1-26(2,3)32-25(30)29-22(21-31-28(29,7)8)19-20-33(27(4,5)6,23-15-11-9-12-16-23)24-17-13-10-14-18-24/h9-18,22H,19-21H2,1-8H3/t22-/m1/s1. The molecule has 1 fully saturated rings. The predicted octanol–water partition coefficient (Wildman–Crippen LogP) is 5.81. The summed E-state index contributed by atoms with van der Waals surface area (Å²) < 4.78 is 11.9. The summed E-state index contributed by atoms with van der Waals surface area (Å²) in [7, 11) is -2.21. The topological polar surface area (TPSA) is 38.8 Å². The number of carbonyl (C=O) groups excluding carboxylic acids is 1. The molecule has 5 heteroatoms. The van der Waals surface area contributed by atoms with Gasteiger partial charge in [-0.1, -0.05) is 91.8 Å². The van der Waals surface area contributed by atoms with Gasteiger partial charge in [-0.15, -0.1) is 0 Å². The van der Waals surface area contributed by atoms with Crippen LogP contribution < -0.4 is 10.4 Å². The van der Waals surface area contributed by atoms with Crippen LogP contribution in [0.1, 0.15) is 61.8 Å². The minimum atomic E-state index is -2.21. The number of nitrogens with zero attached hydrogens (tertiary/aromatic N) is 1. The van der Waals surface area contributed by atoms with Crippen LogP contribution in [0.3, 0.4) is 0 Å². The Bertz CT molecular complexity index is 890. The number of carbonyl (C=O) groups is 1. The number of amides is 1. The van der Waals surface area contributed by atoms with Crippen molar-refractivity contribution in [2.24, 2.45) is 0 Å². The molecule has 0 spiro atoms. The van der Waals surface area contributed by atoms with Crippen molar-refractivity contribution in [2.75, 3.05) is 6.61 Å². The van der Waals surface area contributed by atoms with Gasteiger partial charge < -0.3 is 9.47 Å². The molecule has 1 amide bonds. The lowest BCUT2D eigenvalue weighted by molar-refractivity contribution is -0.0625. The molecule has 0 radical (unpaired) electrons. The van der Waals surface area contributed by atoms with E-state index >= 15 is 0 Å². The third-order valence-corrected chi connectivity index (χ3v) is 13.1. The second-order valence-electron chi connectivity index (χ2n) is 11.7. The monoisotopic (exact) mass is 467 g/mol. The summed E-state index contributed by atoms with van der Waals surface area (Å²) in [6.45, 7) is 17.3. The third-order valence-electron chi connectivity index (χ3n) is 6.83. The van der Waals surface area contributed by atoms with Crippen molar-refractivity contribution in [2.45, 2.75) is 90.3 Å². The van der Waals surface area contributed by atoms with Gasteiger partial charge in [0.25, 0.3) is 0 Å². The maximum absolute atomic E-state index is 13.2. The molecule has 2 aromatic carbocycles. The molecule has 0 N–H and O–H groups in total. The highest BCUT2D eigenvalue weighted by atomic mass is 28.3. The fourth-order valence-corrected chi connectivity index (χ4v) is 11.0. The van der Waals surface area contributed by atoms with Gasteiger partial charge in [0.15, 0.2) is 0 Å². The smallest absolute Gasteiger partial charge is 0.412 e. The maximum atomic E-state index is 13.2. The molecule has 180 valence electrons. The van der Waals surface area contributed by atoms with Gasteiger partial charge in [0.2, 0.25) is 0 Å². The first-order chi connectivity index (χ1) is 15.3. The van der Waals surface area contributed by atoms with E-state index < -0.39 is 19.4 Å². The van der Waals surface area contributed by atoms with Crippen LogP contribution in [-0.4, -0.2) is 43.0 Å². The van der Waals surface area contributed by atoms with Gasteiger partial charge in [-0.2, -0.15) is 0 Å². The first-order valence-corrected chi connectivity index (χ1v) is 14.3. The molecule has 1 saturated heterocycles. The zero-order chi connectivity index (χ0) is 24.5. The lowest BCUT2D eigenvalue weighted by Crippen LogP contribution is -2.64. The van der Waals surface area contributed by atoms with Crippen molar-refractivity contribution in [3.05, 3.63) is 60.7 Å². The molecule has 0 bridgehead atoms. The highest BCUT2D eigenvalue weighted by molar-refractivity contribution is 7.04. The molecule has 1 aliphatic heterocycles. The van der Waals surface area contributed by atoms with Gasteiger partial charge in [0, 0.05) is 0 Å². The van der Waals surface area contributed by atoms with E-state index in [1.165, 1.54) is 10.4 Å². The Morgan fingerprint density at radius 3 is 1.88 bits per heavy atom. The molecule has 2 aromatic rings. The number of ether oxygens (including phenoxy) is 2. The highest BCUT2D eigenvalue weighted by Gasteiger charge is 2.50.